The zero-order chi connectivity index (χ0) is 28.6. The van der Waals surface area contributed by atoms with Gasteiger partial charge < -0.3 is 19.5 Å². The quantitative estimate of drug-likeness (QED) is 0.482. The SMILES string of the molecule is CC(C)N1CC[C@H](C)N2C(=O)c3c(OCc4ccccc4)c(=O)c(C(=O)NCc4ccc(F)cc4F)cn3C[C@@H]12. The summed E-state index contributed by atoms with van der Waals surface area (Å²) in [5.41, 5.74) is 0.0199. The van der Waals surface area contributed by atoms with Crippen molar-refractivity contribution in [2.75, 3.05) is 6.54 Å². The molecule has 2 atom stereocenters. The highest BCUT2D eigenvalue weighted by Crippen LogP contribution is 2.32. The summed E-state index contributed by atoms with van der Waals surface area (Å²) in [5.74, 6) is -2.80. The first-order chi connectivity index (χ1) is 19.2. The minimum absolute atomic E-state index is 0.0271. The van der Waals surface area contributed by atoms with Crippen molar-refractivity contribution in [3.8, 4) is 5.75 Å². The van der Waals surface area contributed by atoms with Crippen LogP contribution in [0.15, 0.2) is 59.5 Å². The van der Waals surface area contributed by atoms with Crippen molar-refractivity contribution in [2.24, 2.45) is 0 Å². The first-order valence-electron chi connectivity index (χ1n) is 13.4. The van der Waals surface area contributed by atoms with Crippen molar-refractivity contribution in [2.45, 2.75) is 65.1 Å². The number of nitrogens with one attached hydrogen (secondary N) is 1. The van der Waals surface area contributed by atoms with E-state index in [-0.39, 0.29) is 59.9 Å². The molecular weight excluding hydrogens is 518 g/mol. The van der Waals surface area contributed by atoms with Crippen LogP contribution >= 0.6 is 0 Å². The molecule has 1 N–H and O–H groups in total. The highest BCUT2D eigenvalue weighted by molar-refractivity contribution is 5.99. The summed E-state index contributed by atoms with van der Waals surface area (Å²) >= 11 is 0. The van der Waals surface area contributed by atoms with E-state index in [0.717, 1.165) is 30.7 Å². The van der Waals surface area contributed by atoms with Gasteiger partial charge in [-0.25, -0.2) is 8.78 Å². The van der Waals surface area contributed by atoms with Crippen LogP contribution in [0.5, 0.6) is 5.75 Å². The molecule has 0 radical (unpaired) electrons. The summed E-state index contributed by atoms with van der Waals surface area (Å²) in [6.45, 7) is 7.08. The number of hydrogen-bond acceptors (Lipinski definition) is 5. The molecule has 0 unspecified atom stereocenters. The Kier molecular flexibility index (Phi) is 7.71. The van der Waals surface area contributed by atoms with Crippen LogP contribution in [0.4, 0.5) is 8.78 Å². The number of halogens is 2. The molecule has 0 saturated carbocycles. The molecule has 2 aromatic carbocycles. The minimum Gasteiger partial charge on any atom is -0.483 e. The molecule has 0 bridgehead atoms. The van der Waals surface area contributed by atoms with Gasteiger partial charge in [0.05, 0.1) is 6.54 Å². The number of rotatable bonds is 7. The normalized spacial score (nSPS) is 18.9. The summed E-state index contributed by atoms with van der Waals surface area (Å²) in [7, 11) is 0. The Bertz CT molecular complexity index is 1490. The Morgan fingerprint density at radius 1 is 1.12 bits per heavy atom. The molecule has 40 heavy (non-hydrogen) atoms. The Balaban J connectivity index is 1.54. The van der Waals surface area contributed by atoms with Gasteiger partial charge in [-0.1, -0.05) is 36.4 Å². The summed E-state index contributed by atoms with van der Waals surface area (Å²) < 4.78 is 35.1. The fourth-order valence-electron chi connectivity index (χ4n) is 5.47. The highest BCUT2D eigenvalue weighted by Gasteiger charge is 2.44. The fourth-order valence-corrected chi connectivity index (χ4v) is 5.47. The lowest BCUT2D eigenvalue weighted by molar-refractivity contribution is -0.0455. The Labute approximate surface area is 231 Å². The molecule has 0 aliphatic carbocycles. The number of nitrogens with zero attached hydrogens (tertiary/aromatic N) is 3. The standard InChI is InChI=1S/C30H32F2N4O4/c1-18(2)35-12-11-19(3)36-25(35)16-34-15-23(29(38)33-14-21-9-10-22(31)13-24(21)32)27(37)28(26(34)30(36)39)40-17-20-7-5-4-6-8-20/h4-10,13,15,18-19,25H,11-12,14,16-17H2,1-3H3,(H,33,38)/t19-,25-/m0/s1. The molecule has 8 nitrogen and oxygen atoms in total. The number of aromatic nitrogens is 1. The van der Waals surface area contributed by atoms with E-state index < -0.39 is 23.0 Å². The molecule has 2 aliphatic rings. The van der Waals surface area contributed by atoms with E-state index in [1.54, 1.807) is 4.57 Å². The molecule has 3 aromatic rings. The van der Waals surface area contributed by atoms with E-state index in [2.05, 4.69) is 24.1 Å². The molecule has 1 saturated heterocycles. The summed E-state index contributed by atoms with van der Waals surface area (Å²) in [6, 6.07) is 12.4. The van der Waals surface area contributed by atoms with Crippen LogP contribution in [-0.2, 0) is 19.7 Å². The number of benzene rings is 2. The van der Waals surface area contributed by atoms with Crippen LogP contribution in [0.2, 0.25) is 0 Å². The van der Waals surface area contributed by atoms with Gasteiger partial charge >= 0.3 is 0 Å². The van der Waals surface area contributed by atoms with Gasteiger partial charge in [-0.3, -0.25) is 19.3 Å². The van der Waals surface area contributed by atoms with Crippen molar-refractivity contribution < 1.29 is 23.1 Å². The number of hydrogen-bond donors (Lipinski definition) is 1. The average Bonchev–Trinajstić information content (AvgIpc) is 2.92. The maximum absolute atomic E-state index is 14.1. The number of carbonyl (C=O) groups excluding carboxylic acids is 2. The predicted molar refractivity (Wildman–Crippen MR) is 145 cm³/mol. The third-order valence-corrected chi connectivity index (χ3v) is 7.61. The predicted octanol–water partition coefficient (Wildman–Crippen LogP) is 3.92. The monoisotopic (exact) mass is 550 g/mol. The van der Waals surface area contributed by atoms with Gasteiger partial charge in [-0.05, 0) is 38.8 Å². The Morgan fingerprint density at radius 3 is 2.58 bits per heavy atom. The topological polar surface area (TPSA) is 83.9 Å². The molecular formula is C30H32F2N4O4. The van der Waals surface area contributed by atoms with E-state index in [1.807, 2.05) is 42.2 Å². The van der Waals surface area contributed by atoms with Crippen LogP contribution in [0.25, 0.3) is 0 Å². The molecule has 210 valence electrons. The highest BCUT2D eigenvalue weighted by atomic mass is 19.1. The lowest BCUT2D eigenvalue weighted by Gasteiger charge is -2.51. The second-order valence-electron chi connectivity index (χ2n) is 10.6. The number of fused-ring (bicyclic) bond motifs is 2. The van der Waals surface area contributed by atoms with Gasteiger partial charge in [0.1, 0.15) is 30.0 Å². The molecule has 1 aromatic heterocycles. The second-order valence-corrected chi connectivity index (χ2v) is 10.6. The van der Waals surface area contributed by atoms with Crippen LogP contribution in [-0.4, -0.2) is 51.0 Å². The Hall–Kier alpha value is -4.05. The van der Waals surface area contributed by atoms with E-state index in [1.165, 1.54) is 12.3 Å². The fraction of sp³-hybridized carbons (Fsp3) is 0.367. The summed E-state index contributed by atoms with van der Waals surface area (Å²) in [6.07, 6.45) is 1.93. The lowest BCUT2D eigenvalue weighted by Crippen LogP contribution is -2.65. The van der Waals surface area contributed by atoms with Crippen LogP contribution in [0, 0.1) is 11.6 Å². The number of ether oxygens (including phenoxy) is 1. The first-order valence-corrected chi connectivity index (χ1v) is 13.4. The summed E-state index contributed by atoms with van der Waals surface area (Å²) in [5, 5.41) is 2.55. The van der Waals surface area contributed by atoms with Gasteiger partial charge in [0, 0.05) is 43.0 Å². The number of amides is 2. The lowest BCUT2D eigenvalue weighted by atomic mass is 10.0. The maximum Gasteiger partial charge on any atom is 0.276 e. The smallest absolute Gasteiger partial charge is 0.276 e. The largest absolute Gasteiger partial charge is 0.483 e. The van der Waals surface area contributed by atoms with Crippen molar-refractivity contribution in [1.82, 2.24) is 19.7 Å². The van der Waals surface area contributed by atoms with Crippen molar-refractivity contribution >= 4 is 11.8 Å². The zero-order valence-electron chi connectivity index (χ0n) is 22.7. The molecule has 2 amide bonds. The van der Waals surface area contributed by atoms with Crippen molar-refractivity contribution in [1.29, 1.82) is 0 Å². The molecule has 1 fully saturated rings. The third-order valence-electron chi connectivity index (χ3n) is 7.61. The van der Waals surface area contributed by atoms with Crippen molar-refractivity contribution in [3.05, 3.63) is 99.0 Å². The molecule has 0 spiro atoms. The average molecular weight is 551 g/mol. The maximum atomic E-state index is 14.1. The van der Waals surface area contributed by atoms with Crippen LogP contribution in [0.1, 0.15) is 59.2 Å². The van der Waals surface area contributed by atoms with Gasteiger partial charge in [0.15, 0.2) is 11.4 Å². The van der Waals surface area contributed by atoms with Gasteiger partial charge in [-0.2, -0.15) is 0 Å². The van der Waals surface area contributed by atoms with Gasteiger partial charge in [0.2, 0.25) is 5.43 Å². The zero-order valence-corrected chi connectivity index (χ0v) is 22.7. The summed E-state index contributed by atoms with van der Waals surface area (Å²) in [4.78, 5) is 44.9. The number of carbonyl (C=O) groups is 2. The minimum atomic E-state index is -0.805. The molecule has 5 rings (SSSR count). The first kappa shape index (κ1) is 27.5. The van der Waals surface area contributed by atoms with Crippen LogP contribution in [0.3, 0.4) is 0 Å². The molecule has 3 heterocycles. The van der Waals surface area contributed by atoms with E-state index >= 15 is 0 Å². The van der Waals surface area contributed by atoms with Crippen LogP contribution < -0.4 is 15.5 Å². The Morgan fingerprint density at radius 2 is 1.88 bits per heavy atom. The van der Waals surface area contributed by atoms with E-state index in [9.17, 15) is 23.2 Å². The van der Waals surface area contributed by atoms with E-state index in [4.69, 9.17) is 4.74 Å². The van der Waals surface area contributed by atoms with Crippen molar-refractivity contribution in [3.63, 3.8) is 0 Å². The number of pyridine rings is 1. The molecule has 2 aliphatic heterocycles. The van der Waals surface area contributed by atoms with E-state index in [0.29, 0.717) is 6.54 Å². The van der Waals surface area contributed by atoms with Gasteiger partial charge in [-0.15, -0.1) is 0 Å². The molecule has 10 heteroatoms. The van der Waals surface area contributed by atoms with Gasteiger partial charge in [0.25, 0.3) is 11.8 Å². The second kappa shape index (κ2) is 11.2. The third kappa shape index (κ3) is 5.23.